The quantitative estimate of drug-likeness (QED) is 0.550. The van der Waals surface area contributed by atoms with Gasteiger partial charge in [0, 0.05) is 7.05 Å². The predicted molar refractivity (Wildman–Crippen MR) is 111 cm³/mol. The van der Waals surface area contributed by atoms with Crippen molar-refractivity contribution in [2.45, 2.75) is 11.1 Å². The summed E-state index contributed by atoms with van der Waals surface area (Å²) in [7, 11) is -2.73. The first-order valence-electron chi connectivity index (χ1n) is 8.84. The number of anilines is 1. The van der Waals surface area contributed by atoms with Crippen molar-refractivity contribution in [1.29, 1.82) is 5.26 Å². The third-order valence-electron chi connectivity index (χ3n) is 4.07. The van der Waals surface area contributed by atoms with Gasteiger partial charge in [0.15, 0.2) is 11.7 Å². The van der Waals surface area contributed by atoms with Crippen LogP contribution in [0.4, 0.5) is 18.3 Å². The van der Waals surface area contributed by atoms with Crippen molar-refractivity contribution in [3.8, 4) is 11.8 Å². The van der Waals surface area contributed by atoms with Crippen LogP contribution in [0.15, 0.2) is 47.4 Å². The number of halogens is 3. The lowest BCUT2D eigenvalue weighted by Gasteiger charge is -2.16. The molecule has 2 aromatic carbocycles. The molecule has 1 N–H and O–H groups in total. The number of fused-ring (bicyclic) bond motifs is 1. The maximum atomic E-state index is 12.6. The minimum absolute atomic E-state index is 0.00425. The Kier molecular flexibility index (Phi) is 6.68. The number of nitriles is 1. The first kappa shape index (κ1) is 23.5. The molecule has 0 saturated carbocycles. The summed E-state index contributed by atoms with van der Waals surface area (Å²) >= 11 is 1.01. The van der Waals surface area contributed by atoms with Crippen LogP contribution in [0.25, 0.3) is 10.2 Å². The summed E-state index contributed by atoms with van der Waals surface area (Å²) in [6.07, 6.45) is -4.47. The van der Waals surface area contributed by atoms with E-state index in [1.165, 1.54) is 49.5 Å². The van der Waals surface area contributed by atoms with Crippen LogP contribution in [0, 0.1) is 11.3 Å². The number of thiazole rings is 1. The van der Waals surface area contributed by atoms with Gasteiger partial charge in [0.05, 0.1) is 33.3 Å². The van der Waals surface area contributed by atoms with Crippen LogP contribution in [-0.4, -0.2) is 50.0 Å². The number of ether oxygens (including phenoxy) is 1. The topological polar surface area (TPSA) is 112 Å². The van der Waals surface area contributed by atoms with Crippen molar-refractivity contribution in [1.82, 2.24) is 9.29 Å². The first-order valence-corrected chi connectivity index (χ1v) is 11.1. The van der Waals surface area contributed by atoms with E-state index in [0.29, 0.717) is 15.8 Å². The zero-order chi connectivity index (χ0) is 23.5. The zero-order valence-corrected chi connectivity index (χ0v) is 18.0. The van der Waals surface area contributed by atoms with E-state index < -0.39 is 35.3 Å². The Labute approximate surface area is 184 Å². The van der Waals surface area contributed by atoms with Crippen molar-refractivity contribution in [2.24, 2.45) is 0 Å². The Morgan fingerprint density at radius 2 is 1.94 bits per heavy atom. The number of sulfonamides is 1. The van der Waals surface area contributed by atoms with Gasteiger partial charge in [-0.05, 0) is 42.5 Å². The molecule has 0 aliphatic heterocycles. The van der Waals surface area contributed by atoms with Crippen LogP contribution in [0.3, 0.4) is 0 Å². The van der Waals surface area contributed by atoms with Crippen LogP contribution < -0.4 is 10.1 Å². The lowest BCUT2D eigenvalue weighted by molar-refractivity contribution is -0.153. The van der Waals surface area contributed by atoms with E-state index in [1.54, 1.807) is 0 Å². The molecular formula is C19H15F3N4O4S2. The molecule has 0 radical (unpaired) electrons. The summed E-state index contributed by atoms with van der Waals surface area (Å²) in [5.41, 5.74) is 0.732. The molecule has 3 rings (SSSR count). The van der Waals surface area contributed by atoms with Crippen molar-refractivity contribution in [2.75, 3.05) is 25.5 Å². The van der Waals surface area contributed by atoms with Gasteiger partial charge in [-0.1, -0.05) is 11.3 Å². The van der Waals surface area contributed by atoms with E-state index in [1.807, 2.05) is 6.07 Å². The maximum absolute atomic E-state index is 12.6. The molecule has 0 saturated heterocycles. The van der Waals surface area contributed by atoms with E-state index in [-0.39, 0.29) is 15.8 Å². The second-order valence-electron chi connectivity index (χ2n) is 6.50. The van der Waals surface area contributed by atoms with Crippen LogP contribution in [0.1, 0.15) is 5.56 Å². The molecule has 1 aromatic heterocycles. The van der Waals surface area contributed by atoms with Gasteiger partial charge in [-0.3, -0.25) is 4.79 Å². The second-order valence-corrected chi connectivity index (χ2v) is 9.57. The number of rotatable bonds is 7. The smallest absolute Gasteiger partial charge is 0.422 e. The highest BCUT2D eigenvalue weighted by atomic mass is 32.2. The molecule has 0 fully saturated rings. The number of carbonyl (C=O) groups is 1. The molecule has 0 bridgehead atoms. The minimum atomic E-state index is -4.47. The summed E-state index contributed by atoms with van der Waals surface area (Å²) < 4.78 is 68.1. The van der Waals surface area contributed by atoms with Gasteiger partial charge >= 0.3 is 6.18 Å². The molecule has 0 atom stereocenters. The molecule has 1 amide bonds. The van der Waals surface area contributed by atoms with Crippen LogP contribution in [0.2, 0.25) is 0 Å². The maximum Gasteiger partial charge on any atom is 0.422 e. The van der Waals surface area contributed by atoms with E-state index >= 15 is 0 Å². The van der Waals surface area contributed by atoms with Gasteiger partial charge in [-0.25, -0.2) is 13.4 Å². The van der Waals surface area contributed by atoms with Crippen molar-refractivity contribution in [3.63, 3.8) is 0 Å². The van der Waals surface area contributed by atoms with Gasteiger partial charge in [0.25, 0.3) is 0 Å². The molecule has 3 aromatic rings. The summed E-state index contributed by atoms with van der Waals surface area (Å²) in [6.45, 7) is -1.93. The normalized spacial score (nSPS) is 12.0. The number of carbonyl (C=O) groups excluding carboxylic acids is 1. The minimum Gasteiger partial charge on any atom is -0.484 e. The number of hydrogen-bond acceptors (Lipinski definition) is 7. The molecular weight excluding hydrogens is 469 g/mol. The van der Waals surface area contributed by atoms with Gasteiger partial charge in [-0.2, -0.15) is 22.7 Å². The standard InChI is InChI=1S/C19H15F3N4O4S2/c1-26(32(28,29)14-5-2-12(9-23)3-6-14)10-17(27)25-18-24-15-7-4-13(8-16(15)31-18)30-11-19(20,21)22/h2-8H,10-11H2,1H3,(H,24,25,27). The lowest BCUT2D eigenvalue weighted by atomic mass is 10.2. The highest BCUT2D eigenvalue weighted by Gasteiger charge is 2.28. The number of alkyl halides is 3. The average molecular weight is 484 g/mol. The number of amides is 1. The van der Waals surface area contributed by atoms with E-state index in [9.17, 15) is 26.4 Å². The largest absolute Gasteiger partial charge is 0.484 e. The number of hydrogen-bond donors (Lipinski definition) is 1. The van der Waals surface area contributed by atoms with Gasteiger partial charge in [-0.15, -0.1) is 0 Å². The Hall–Kier alpha value is -3.21. The molecule has 1 heterocycles. The molecule has 168 valence electrons. The highest BCUT2D eigenvalue weighted by molar-refractivity contribution is 7.89. The summed E-state index contributed by atoms with van der Waals surface area (Å²) in [6, 6.07) is 11.3. The summed E-state index contributed by atoms with van der Waals surface area (Å²) in [5, 5.41) is 11.4. The molecule has 0 spiro atoms. The summed E-state index contributed by atoms with van der Waals surface area (Å²) in [5.74, 6) is -0.651. The van der Waals surface area contributed by atoms with Crippen molar-refractivity contribution >= 4 is 42.6 Å². The Morgan fingerprint density at radius 3 is 2.56 bits per heavy atom. The molecule has 13 heteroatoms. The first-order chi connectivity index (χ1) is 15.0. The van der Waals surface area contributed by atoms with Crippen LogP contribution in [0.5, 0.6) is 5.75 Å². The van der Waals surface area contributed by atoms with Gasteiger partial charge in [0.2, 0.25) is 15.9 Å². The van der Waals surface area contributed by atoms with E-state index in [4.69, 9.17) is 10.00 Å². The Balaban J connectivity index is 1.66. The van der Waals surface area contributed by atoms with Crippen LogP contribution in [-0.2, 0) is 14.8 Å². The highest BCUT2D eigenvalue weighted by Crippen LogP contribution is 2.30. The fraction of sp³-hybridized carbons (Fsp3) is 0.211. The number of likely N-dealkylation sites (N-methyl/N-ethyl adjacent to an activating group) is 1. The third kappa shape index (κ3) is 5.72. The molecule has 0 aliphatic rings. The third-order valence-corrected chi connectivity index (χ3v) is 6.82. The monoisotopic (exact) mass is 484 g/mol. The van der Waals surface area contributed by atoms with E-state index in [0.717, 1.165) is 15.6 Å². The number of benzene rings is 2. The van der Waals surface area contributed by atoms with Crippen molar-refractivity contribution < 1.29 is 31.1 Å². The fourth-order valence-corrected chi connectivity index (χ4v) is 4.58. The SMILES string of the molecule is CN(CC(=O)Nc1nc2ccc(OCC(F)(F)F)cc2s1)S(=O)(=O)c1ccc(C#N)cc1. The molecule has 32 heavy (non-hydrogen) atoms. The average Bonchev–Trinajstić information content (AvgIpc) is 3.12. The zero-order valence-electron chi connectivity index (χ0n) is 16.4. The number of nitrogens with zero attached hydrogens (tertiary/aromatic N) is 3. The lowest BCUT2D eigenvalue weighted by Crippen LogP contribution is -2.34. The van der Waals surface area contributed by atoms with Crippen molar-refractivity contribution in [3.05, 3.63) is 48.0 Å². The Bertz CT molecular complexity index is 1280. The predicted octanol–water partition coefficient (Wildman–Crippen LogP) is 3.37. The van der Waals surface area contributed by atoms with Crippen LogP contribution >= 0.6 is 11.3 Å². The Morgan fingerprint density at radius 1 is 1.25 bits per heavy atom. The molecule has 0 unspecified atom stereocenters. The number of nitrogens with one attached hydrogen (secondary N) is 1. The van der Waals surface area contributed by atoms with Gasteiger partial charge < -0.3 is 10.1 Å². The molecule has 0 aliphatic carbocycles. The van der Waals surface area contributed by atoms with Gasteiger partial charge in [0.1, 0.15) is 5.75 Å². The fourth-order valence-electron chi connectivity index (χ4n) is 2.54. The number of aromatic nitrogens is 1. The van der Waals surface area contributed by atoms with E-state index in [2.05, 4.69) is 10.3 Å². The second kappa shape index (κ2) is 9.11. The summed E-state index contributed by atoms with van der Waals surface area (Å²) in [4.78, 5) is 16.4. The molecule has 8 nitrogen and oxygen atoms in total.